The van der Waals surface area contributed by atoms with Gasteiger partial charge in [0, 0.05) is 23.7 Å². The van der Waals surface area contributed by atoms with Gasteiger partial charge in [0.05, 0.1) is 23.3 Å². The monoisotopic (exact) mass is 450 g/mol. The predicted octanol–water partition coefficient (Wildman–Crippen LogP) is 3.55. The minimum Gasteiger partial charge on any atom is -0.494 e. The van der Waals surface area contributed by atoms with Gasteiger partial charge in [-0.25, -0.2) is 4.79 Å². The number of benzene rings is 2. The van der Waals surface area contributed by atoms with E-state index in [2.05, 4.69) is 18.7 Å². The topological polar surface area (TPSA) is 82.5 Å². The number of amides is 1. The van der Waals surface area contributed by atoms with Crippen LogP contribution in [-0.2, 0) is 6.54 Å². The average molecular weight is 451 g/mol. The number of ether oxygens (including phenoxy) is 1. The molecule has 0 atom stereocenters. The number of primary amides is 1. The van der Waals surface area contributed by atoms with E-state index in [1.54, 1.807) is 28.8 Å². The van der Waals surface area contributed by atoms with Gasteiger partial charge in [0.1, 0.15) is 11.3 Å². The van der Waals surface area contributed by atoms with Gasteiger partial charge in [-0.05, 0) is 43.4 Å². The van der Waals surface area contributed by atoms with Crippen molar-refractivity contribution < 1.29 is 9.53 Å². The second kappa shape index (κ2) is 9.12. The molecule has 30 heavy (non-hydrogen) atoms. The molecule has 0 spiro atoms. The number of hydrogen-bond donors (Lipinski definition) is 1. The summed E-state index contributed by atoms with van der Waals surface area (Å²) in [4.78, 5) is 27.6. The van der Waals surface area contributed by atoms with Crippen molar-refractivity contribution in [3.63, 3.8) is 0 Å². The summed E-state index contributed by atoms with van der Waals surface area (Å²) in [6.45, 7) is 6.96. The first-order valence-corrected chi connectivity index (χ1v) is 10.4. The van der Waals surface area contributed by atoms with Crippen LogP contribution < -0.4 is 16.2 Å². The summed E-state index contributed by atoms with van der Waals surface area (Å²) in [5.41, 5.74) is 7.01. The Balaban J connectivity index is 2.34. The normalized spacial score (nSPS) is 11.4. The Morgan fingerprint density at radius 1 is 1.17 bits per heavy atom. The molecule has 0 saturated heterocycles. The summed E-state index contributed by atoms with van der Waals surface area (Å²) < 4.78 is 8.62. The highest BCUT2D eigenvalue weighted by Gasteiger charge is 2.22. The van der Waals surface area contributed by atoms with E-state index in [4.69, 9.17) is 33.7 Å². The quantitative estimate of drug-likeness (QED) is 0.568. The maximum Gasteiger partial charge on any atom is 0.333 e. The van der Waals surface area contributed by atoms with Crippen molar-refractivity contribution in [1.29, 1.82) is 0 Å². The van der Waals surface area contributed by atoms with Gasteiger partial charge in [0.2, 0.25) is 5.91 Å². The van der Waals surface area contributed by atoms with E-state index in [1.807, 2.05) is 0 Å². The molecule has 2 N–H and O–H groups in total. The molecule has 1 aromatic heterocycles. The van der Waals surface area contributed by atoms with E-state index >= 15 is 0 Å². The van der Waals surface area contributed by atoms with Crippen molar-refractivity contribution in [3.8, 4) is 11.4 Å². The summed E-state index contributed by atoms with van der Waals surface area (Å²) >= 11 is 12.5. The fourth-order valence-electron chi connectivity index (χ4n) is 3.52. The second-order valence-corrected chi connectivity index (χ2v) is 7.65. The van der Waals surface area contributed by atoms with Gasteiger partial charge in [-0.3, -0.25) is 13.9 Å². The molecule has 0 aliphatic carbocycles. The molecule has 0 bridgehead atoms. The van der Waals surface area contributed by atoms with Crippen LogP contribution >= 0.6 is 23.2 Å². The zero-order valence-corrected chi connectivity index (χ0v) is 18.6. The van der Waals surface area contributed by atoms with Crippen molar-refractivity contribution in [2.75, 3.05) is 26.7 Å². The van der Waals surface area contributed by atoms with Crippen LogP contribution in [0.5, 0.6) is 5.75 Å². The molecule has 9 heteroatoms. The lowest BCUT2D eigenvalue weighted by Crippen LogP contribution is -2.31. The van der Waals surface area contributed by atoms with Crippen LogP contribution in [0.1, 0.15) is 24.2 Å². The summed E-state index contributed by atoms with van der Waals surface area (Å²) in [7, 11) is 1.48. The number of nitrogens with two attached hydrogens (primary N) is 1. The average Bonchev–Trinajstić information content (AvgIpc) is 2.99. The number of carbonyl (C=O) groups excluding carboxylic acids is 1. The molecular formula is C21H24Cl2N4O3. The molecule has 1 amide bonds. The van der Waals surface area contributed by atoms with Crippen molar-refractivity contribution in [2.24, 2.45) is 5.73 Å². The number of methoxy groups -OCH3 is 1. The summed E-state index contributed by atoms with van der Waals surface area (Å²) in [5, 5.41) is 0.790. The number of imidazole rings is 1. The van der Waals surface area contributed by atoms with Gasteiger partial charge in [0.25, 0.3) is 0 Å². The lowest BCUT2D eigenvalue weighted by Gasteiger charge is -2.18. The van der Waals surface area contributed by atoms with Crippen molar-refractivity contribution in [1.82, 2.24) is 14.0 Å². The number of likely N-dealkylation sites (N-methyl/N-ethyl adjacent to an activating group) is 1. The van der Waals surface area contributed by atoms with Crippen LogP contribution in [0.15, 0.2) is 35.1 Å². The van der Waals surface area contributed by atoms with Gasteiger partial charge in [-0.15, -0.1) is 0 Å². The van der Waals surface area contributed by atoms with Crippen molar-refractivity contribution >= 4 is 40.1 Å². The molecule has 1 heterocycles. The Labute approximate surface area is 184 Å². The molecule has 0 radical (unpaired) electrons. The standard InChI is InChI=1S/C21H24Cl2N4O3/c1-4-25(5-2)8-9-26-17-10-13(20(24)28)11-18(30-3)19(17)27(21(26)29)16-7-6-14(22)12-15(16)23/h6-7,10-12H,4-5,8-9H2,1-3H3,(H2,24,28). The molecule has 3 rings (SSSR count). The highest BCUT2D eigenvalue weighted by Crippen LogP contribution is 2.32. The largest absolute Gasteiger partial charge is 0.494 e. The number of carbonyl (C=O) groups is 1. The van der Waals surface area contributed by atoms with E-state index in [-0.39, 0.29) is 11.3 Å². The van der Waals surface area contributed by atoms with Crippen molar-refractivity contribution in [2.45, 2.75) is 20.4 Å². The lowest BCUT2D eigenvalue weighted by molar-refractivity contribution is 0.1000. The molecular weight excluding hydrogens is 427 g/mol. The van der Waals surface area contributed by atoms with Gasteiger partial charge in [0.15, 0.2) is 0 Å². The van der Waals surface area contributed by atoms with Gasteiger partial charge in [-0.2, -0.15) is 0 Å². The SMILES string of the molecule is CCN(CC)CCn1c(=O)n(-c2ccc(Cl)cc2Cl)c2c(OC)cc(C(N)=O)cc21. The minimum absolute atomic E-state index is 0.260. The van der Waals surface area contributed by atoms with Gasteiger partial charge < -0.3 is 15.4 Å². The van der Waals surface area contributed by atoms with Crippen LogP contribution in [0, 0.1) is 0 Å². The van der Waals surface area contributed by atoms with Crippen LogP contribution in [0.4, 0.5) is 0 Å². The summed E-state index contributed by atoms with van der Waals surface area (Å²) in [6, 6.07) is 8.07. The highest BCUT2D eigenvalue weighted by molar-refractivity contribution is 6.35. The number of rotatable bonds is 8. The smallest absolute Gasteiger partial charge is 0.333 e. The summed E-state index contributed by atoms with van der Waals surface area (Å²) in [6.07, 6.45) is 0. The van der Waals surface area contributed by atoms with E-state index < -0.39 is 5.91 Å². The van der Waals surface area contributed by atoms with Gasteiger partial charge in [-0.1, -0.05) is 37.0 Å². The Kier molecular flexibility index (Phi) is 6.75. The predicted molar refractivity (Wildman–Crippen MR) is 120 cm³/mol. The molecule has 0 unspecified atom stereocenters. The number of hydrogen-bond acceptors (Lipinski definition) is 4. The Hall–Kier alpha value is -2.48. The zero-order chi connectivity index (χ0) is 22.0. The molecule has 3 aromatic rings. The molecule has 0 aliphatic rings. The molecule has 2 aromatic carbocycles. The Morgan fingerprint density at radius 3 is 2.43 bits per heavy atom. The third-order valence-electron chi connectivity index (χ3n) is 5.18. The van der Waals surface area contributed by atoms with E-state index in [0.717, 1.165) is 13.1 Å². The van der Waals surface area contributed by atoms with E-state index in [1.165, 1.54) is 17.7 Å². The van der Waals surface area contributed by atoms with Crippen LogP contribution in [0.3, 0.4) is 0 Å². The second-order valence-electron chi connectivity index (χ2n) is 6.80. The van der Waals surface area contributed by atoms with Crippen molar-refractivity contribution in [3.05, 3.63) is 56.4 Å². The molecule has 0 saturated carbocycles. The maximum absolute atomic E-state index is 13.5. The fourth-order valence-corrected chi connectivity index (χ4v) is 4.02. The molecule has 160 valence electrons. The molecule has 0 aliphatic heterocycles. The number of nitrogens with zero attached hydrogens (tertiary/aromatic N) is 3. The highest BCUT2D eigenvalue weighted by atomic mass is 35.5. The van der Waals surface area contributed by atoms with Gasteiger partial charge >= 0.3 is 5.69 Å². The Morgan fingerprint density at radius 2 is 1.87 bits per heavy atom. The first kappa shape index (κ1) is 22.2. The third-order valence-corrected chi connectivity index (χ3v) is 5.72. The Bertz CT molecular complexity index is 1150. The molecule has 0 fully saturated rings. The third kappa shape index (κ3) is 4.05. The van der Waals surface area contributed by atoms with Crippen LogP contribution in [-0.4, -0.2) is 46.7 Å². The first-order valence-electron chi connectivity index (χ1n) is 9.63. The lowest BCUT2D eigenvalue weighted by atomic mass is 10.1. The molecule has 7 nitrogen and oxygen atoms in total. The summed E-state index contributed by atoms with van der Waals surface area (Å²) in [5.74, 6) is -0.249. The fraction of sp³-hybridized carbons (Fsp3) is 0.333. The van der Waals surface area contributed by atoms with Crippen LogP contribution in [0.2, 0.25) is 10.0 Å². The number of aromatic nitrogens is 2. The maximum atomic E-state index is 13.5. The number of halogens is 2. The minimum atomic E-state index is -0.602. The number of fused-ring (bicyclic) bond motifs is 1. The zero-order valence-electron chi connectivity index (χ0n) is 17.1. The van der Waals surface area contributed by atoms with Crippen LogP contribution in [0.25, 0.3) is 16.7 Å². The van der Waals surface area contributed by atoms with E-state index in [0.29, 0.717) is 45.6 Å². The first-order chi connectivity index (χ1) is 14.3. The van der Waals surface area contributed by atoms with E-state index in [9.17, 15) is 9.59 Å².